The number of rotatable bonds is 3. The van der Waals surface area contributed by atoms with Crippen molar-refractivity contribution in [2.45, 2.75) is 25.8 Å². The van der Waals surface area contributed by atoms with Gasteiger partial charge < -0.3 is 10.4 Å². The quantitative estimate of drug-likeness (QED) is 0.855. The summed E-state index contributed by atoms with van der Waals surface area (Å²) < 4.78 is 0. The van der Waals surface area contributed by atoms with Crippen LogP contribution in [0.2, 0.25) is 0 Å². The fourth-order valence-electron chi connectivity index (χ4n) is 2.38. The zero-order chi connectivity index (χ0) is 14.7. The Kier molecular flexibility index (Phi) is 4.39. The third-order valence-electron chi connectivity index (χ3n) is 3.36. The lowest BCUT2D eigenvalue weighted by Crippen LogP contribution is -2.21. The molecule has 2 aromatic rings. The molecule has 2 aromatic heterocycles. The number of aryl methyl sites for hydroxylation is 2. The molecule has 0 unspecified atom stereocenters. The minimum absolute atomic E-state index is 0.00536. The zero-order valence-corrected chi connectivity index (χ0v) is 13.1. The number of aliphatic hydroxyl groups excluding tert-OH is 1. The second kappa shape index (κ2) is 6.44. The summed E-state index contributed by atoms with van der Waals surface area (Å²) in [7, 11) is 0. The predicted molar refractivity (Wildman–Crippen MR) is 85.8 cm³/mol. The van der Waals surface area contributed by atoms with E-state index in [2.05, 4.69) is 17.2 Å². The first-order valence-corrected chi connectivity index (χ1v) is 8.53. The summed E-state index contributed by atoms with van der Waals surface area (Å²) in [6.07, 6.45) is 3.44. The molecule has 21 heavy (non-hydrogen) atoms. The fourth-order valence-corrected chi connectivity index (χ4v) is 4.30. The highest BCUT2D eigenvalue weighted by Gasteiger charge is 2.18. The summed E-state index contributed by atoms with van der Waals surface area (Å²) in [6.45, 7) is 0.387. The largest absolute Gasteiger partial charge is 0.384 e. The van der Waals surface area contributed by atoms with Crippen LogP contribution in [0.1, 0.15) is 37.0 Å². The summed E-state index contributed by atoms with van der Waals surface area (Å²) in [5.41, 5.74) is 2.23. The van der Waals surface area contributed by atoms with E-state index < -0.39 is 0 Å². The third-order valence-corrected chi connectivity index (χ3v) is 5.53. The summed E-state index contributed by atoms with van der Waals surface area (Å²) >= 11 is 3.19. The first kappa shape index (κ1) is 14.3. The number of nitrogens with one attached hydrogen (secondary N) is 1. The minimum Gasteiger partial charge on any atom is -0.384 e. The van der Waals surface area contributed by atoms with E-state index in [4.69, 9.17) is 5.11 Å². The smallest absolute Gasteiger partial charge is 0.261 e. The molecule has 0 radical (unpaired) electrons. The van der Waals surface area contributed by atoms with Gasteiger partial charge in [0, 0.05) is 20.7 Å². The lowest BCUT2D eigenvalue weighted by molar-refractivity contribution is 0.0955. The van der Waals surface area contributed by atoms with E-state index in [1.54, 1.807) is 22.7 Å². The van der Waals surface area contributed by atoms with Gasteiger partial charge in [-0.1, -0.05) is 11.8 Å². The van der Waals surface area contributed by atoms with Gasteiger partial charge in [0.25, 0.3) is 5.91 Å². The van der Waals surface area contributed by atoms with E-state index in [0.717, 1.165) is 28.2 Å². The predicted octanol–water partition coefficient (Wildman–Crippen LogP) is 2.57. The lowest BCUT2D eigenvalue weighted by Gasteiger charge is -2.01. The van der Waals surface area contributed by atoms with Gasteiger partial charge in [-0.2, -0.15) is 0 Å². The Hall–Kier alpha value is -1.61. The Labute approximate surface area is 131 Å². The van der Waals surface area contributed by atoms with Crippen molar-refractivity contribution in [2.75, 3.05) is 6.61 Å². The molecule has 0 atom stereocenters. The second-order valence-electron chi connectivity index (χ2n) is 4.86. The molecule has 0 aromatic carbocycles. The molecule has 0 saturated heterocycles. The number of hydrogen-bond donors (Lipinski definition) is 2. The first-order valence-electron chi connectivity index (χ1n) is 6.83. The number of amides is 1. The number of fused-ring (bicyclic) bond motifs is 1. The van der Waals surface area contributed by atoms with Gasteiger partial charge >= 0.3 is 0 Å². The molecule has 1 amide bonds. The van der Waals surface area contributed by atoms with Gasteiger partial charge in [0.05, 0.1) is 11.4 Å². The van der Waals surface area contributed by atoms with Crippen LogP contribution in [0.4, 0.5) is 0 Å². The molecule has 1 aliphatic carbocycles. The topological polar surface area (TPSA) is 49.3 Å². The number of aliphatic hydroxyl groups is 1. The van der Waals surface area contributed by atoms with Crippen LogP contribution in [0.25, 0.3) is 0 Å². The van der Waals surface area contributed by atoms with Gasteiger partial charge in [-0.15, -0.1) is 22.7 Å². The molecule has 2 heterocycles. The second-order valence-corrected chi connectivity index (χ2v) is 6.99. The number of carbonyl (C=O) groups excluding carboxylic acids is 1. The highest BCUT2D eigenvalue weighted by Crippen LogP contribution is 2.30. The molecular weight excluding hydrogens is 302 g/mol. The van der Waals surface area contributed by atoms with Crippen molar-refractivity contribution in [2.24, 2.45) is 0 Å². The van der Waals surface area contributed by atoms with Crippen LogP contribution in [0, 0.1) is 11.8 Å². The maximum atomic E-state index is 12.1. The Morgan fingerprint density at radius 3 is 3.10 bits per heavy atom. The van der Waals surface area contributed by atoms with Crippen LogP contribution in [-0.2, 0) is 19.4 Å². The van der Waals surface area contributed by atoms with Crippen molar-refractivity contribution in [3.63, 3.8) is 0 Å². The Balaban J connectivity index is 1.59. The van der Waals surface area contributed by atoms with Crippen LogP contribution in [0.3, 0.4) is 0 Å². The van der Waals surface area contributed by atoms with Gasteiger partial charge in [0.1, 0.15) is 6.61 Å². The monoisotopic (exact) mass is 317 g/mol. The van der Waals surface area contributed by atoms with Gasteiger partial charge in [-0.3, -0.25) is 4.79 Å². The van der Waals surface area contributed by atoms with E-state index in [-0.39, 0.29) is 12.5 Å². The molecule has 0 aliphatic heterocycles. The molecule has 2 N–H and O–H groups in total. The Morgan fingerprint density at radius 2 is 2.29 bits per heavy atom. The molecule has 3 rings (SSSR count). The van der Waals surface area contributed by atoms with Crippen molar-refractivity contribution in [3.05, 3.63) is 43.3 Å². The van der Waals surface area contributed by atoms with Crippen molar-refractivity contribution in [1.29, 1.82) is 0 Å². The average Bonchev–Trinajstić information content (AvgIpc) is 3.17. The fraction of sp³-hybridized carbons (Fsp3) is 0.312. The highest BCUT2D eigenvalue weighted by molar-refractivity contribution is 7.14. The average molecular weight is 317 g/mol. The van der Waals surface area contributed by atoms with E-state index >= 15 is 0 Å². The molecule has 0 saturated carbocycles. The third kappa shape index (κ3) is 3.35. The normalized spacial score (nSPS) is 12.6. The molecule has 0 spiro atoms. The maximum Gasteiger partial charge on any atom is 0.261 e. The van der Waals surface area contributed by atoms with Gasteiger partial charge in [0.2, 0.25) is 0 Å². The first-order chi connectivity index (χ1) is 10.3. The van der Waals surface area contributed by atoms with Crippen LogP contribution < -0.4 is 5.32 Å². The SMILES string of the molecule is O=C(NCc1cc(C#CCO)cs1)c1cc2c(s1)CCC2. The molecule has 5 heteroatoms. The highest BCUT2D eigenvalue weighted by atomic mass is 32.1. The van der Waals surface area contributed by atoms with E-state index in [0.29, 0.717) is 6.54 Å². The van der Waals surface area contributed by atoms with Gasteiger partial charge in [-0.05, 0) is 37.0 Å². The molecule has 3 nitrogen and oxygen atoms in total. The van der Waals surface area contributed by atoms with E-state index in [1.165, 1.54) is 16.9 Å². The molecule has 1 aliphatic rings. The number of thiophene rings is 2. The summed E-state index contributed by atoms with van der Waals surface area (Å²) in [5, 5.41) is 13.6. The Morgan fingerprint density at radius 1 is 1.38 bits per heavy atom. The number of carbonyl (C=O) groups is 1. The maximum absolute atomic E-state index is 12.1. The minimum atomic E-state index is -0.134. The van der Waals surface area contributed by atoms with Crippen LogP contribution >= 0.6 is 22.7 Å². The van der Waals surface area contributed by atoms with E-state index in [1.807, 2.05) is 17.5 Å². The number of hydrogen-bond acceptors (Lipinski definition) is 4. The van der Waals surface area contributed by atoms with Crippen molar-refractivity contribution in [1.82, 2.24) is 5.32 Å². The molecule has 0 fully saturated rings. The standard InChI is InChI=1S/C16H15NO2S2/c18-6-2-3-11-7-13(20-10-11)9-17-16(19)15-8-12-4-1-5-14(12)21-15/h7-8,10,18H,1,4-6,9H2,(H,17,19). The van der Waals surface area contributed by atoms with Crippen molar-refractivity contribution >= 4 is 28.6 Å². The Bertz CT molecular complexity index is 697. The molecule has 108 valence electrons. The summed E-state index contributed by atoms with van der Waals surface area (Å²) in [5.74, 6) is 5.48. The summed E-state index contributed by atoms with van der Waals surface area (Å²) in [6, 6.07) is 3.98. The molecular formula is C16H15NO2S2. The van der Waals surface area contributed by atoms with Crippen LogP contribution in [0.5, 0.6) is 0 Å². The van der Waals surface area contributed by atoms with Crippen molar-refractivity contribution in [3.8, 4) is 11.8 Å². The van der Waals surface area contributed by atoms with Crippen LogP contribution in [-0.4, -0.2) is 17.6 Å². The zero-order valence-electron chi connectivity index (χ0n) is 11.4. The lowest BCUT2D eigenvalue weighted by atomic mass is 10.2. The molecule has 0 bridgehead atoms. The van der Waals surface area contributed by atoms with Crippen LogP contribution in [0.15, 0.2) is 17.5 Å². The summed E-state index contributed by atoms with van der Waals surface area (Å²) in [4.78, 5) is 15.4. The van der Waals surface area contributed by atoms with Gasteiger partial charge in [0.15, 0.2) is 0 Å². The van der Waals surface area contributed by atoms with Gasteiger partial charge in [-0.25, -0.2) is 0 Å². The van der Waals surface area contributed by atoms with Crippen molar-refractivity contribution < 1.29 is 9.90 Å². The van der Waals surface area contributed by atoms with E-state index in [9.17, 15) is 4.79 Å².